The van der Waals surface area contributed by atoms with Crippen LogP contribution in [0.5, 0.6) is 11.5 Å². The van der Waals surface area contributed by atoms with Gasteiger partial charge >= 0.3 is 6.09 Å². The third kappa shape index (κ3) is 9.83. The largest absolute Gasteiger partial charge is 0.497 e. The number of anilines is 2. The van der Waals surface area contributed by atoms with E-state index in [1.165, 1.54) is 42.8 Å². The van der Waals surface area contributed by atoms with Gasteiger partial charge in [-0.15, -0.1) is 0 Å². The van der Waals surface area contributed by atoms with Gasteiger partial charge in [0, 0.05) is 37.8 Å². The zero-order valence-corrected chi connectivity index (χ0v) is 28.4. The smallest absolute Gasteiger partial charge is 0.407 e. The van der Waals surface area contributed by atoms with E-state index in [2.05, 4.69) is 16.0 Å². The third-order valence-electron chi connectivity index (χ3n) is 7.89. The molecule has 0 radical (unpaired) electrons. The van der Waals surface area contributed by atoms with E-state index >= 15 is 0 Å². The van der Waals surface area contributed by atoms with Gasteiger partial charge in [0.1, 0.15) is 17.6 Å². The molecule has 1 aliphatic heterocycles. The lowest BCUT2D eigenvalue weighted by Gasteiger charge is -2.30. The van der Waals surface area contributed by atoms with Crippen molar-refractivity contribution in [2.75, 3.05) is 44.9 Å². The first kappa shape index (κ1) is 36.5. The molecule has 0 aromatic heterocycles. The molecular weight excluding hydrogens is 638 g/mol. The molecule has 1 aliphatic rings. The molecule has 0 bridgehead atoms. The van der Waals surface area contributed by atoms with Gasteiger partial charge in [-0.3, -0.25) is 4.79 Å². The van der Waals surface area contributed by atoms with E-state index in [4.69, 9.17) is 19.9 Å². The van der Waals surface area contributed by atoms with Crippen LogP contribution in [-0.2, 0) is 26.0 Å². The van der Waals surface area contributed by atoms with Crippen LogP contribution in [0.1, 0.15) is 25.8 Å². The van der Waals surface area contributed by atoms with Gasteiger partial charge in [0.05, 0.1) is 43.0 Å². The van der Waals surface area contributed by atoms with E-state index in [0.717, 1.165) is 5.56 Å². The fraction of sp³-hybridized carbons (Fsp3) is 0.412. The summed E-state index contributed by atoms with van der Waals surface area (Å²) in [6.07, 6.45) is -2.30. The first-order valence-electron chi connectivity index (χ1n) is 15.7. The number of nitrogens with two attached hydrogens (primary N) is 1. The van der Waals surface area contributed by atoms with Crippen LogP contribution in [0, 0.1) is 5.92 Å². The van der Waals surface area contributed by atoms with Gasteiger partial charge in [-0.1, -0.05) is 44.2 Å². The molecule has 3 aromatic carbocycles. The van der Waals surface area contributed by atoms with E-state index in [0.29, 0.717) is 22.9 Å². The maximum absolute atomic E-state index is 13.6. The van der Waals surface area contributed by atoms with Crippen molar-refractivity contribution < 1.29 is 37.3 Å². The van der Waals surface area contributed by atoms with Crippen LogP contribution >= 0.6 is 0 Å². The molecule has 0 saturated carbocycles. The van der Waals surface area contributed by atoms with Crippen molar-refractivity contribution >= 4 is 33.4 Å². The molecule has 0 unspecified atom stereocenters. The van der Waals surface area contributed by atoms with Crippen LogP contribution < -0.4 is 31.2 Å². The molecular formula is C34H45N5O8S. The first-order valence-corrected chi connectivity index (χ1v) is 17.1. The highest BCUT2D eigenvalue weighted by Crippen LogP contribution is 2.29. The number of rotatable bonds is 15. The summed E-state index contributed by atoms with van der Waals surface area (Å²) in [5.74, 6) is 0.630. The fourth-order valence-corrected chi connectivity index (χ4v) is 7.04. The Morgan fingerprint density at radius 2 is 1.73 bits per heavy atom. The number of sulfonamides is 1. The minimum absolute atomic E-state index is 0.0451. The Kier molecular flexibility index (Phi) is 12.6. The van der Waals surface area contributed by atoms with Gasteiger partial charge < -0.3 is 41.0 Å². The molecule has 4 atom stereocenters. The molecule has 1 fully saturated rings. The molecule has 1 saturated heterocycles. The molecule has 48 heavy (non-hydrogen) atoms. The number of hydrogen-bond acceptors (Lipinski definition) is 10. The lowest BCUT2D eigenvalue weighted by atomic mass is 10.0. The van der Waals surface area contributed by atoms with E-state index in [-0.39, 0.29) is 49.2 Å². The summed E-state index contributed by atoms with van der Waals surface area (Å²) in [4.78, 5) is 26.3. The molecule has 1 heterocycles. The van der Waals surface area contributed by atoms with Crippen molar-refractivity contribution in [2.45, 2.75) is 55.9 Å². The number of aliphatic hydroxyl groups excluding tert-OH is 1. The van der Waals surface area contributed by atoms with Crippen molar-refractivity contribution in [3.63, 3.8) is 0 Å². The molecule has 2 amide bonds. The molecule has 6 N–H and O–H groups in total. The molecule has 13 nitrogen and oxygen atoms in total. The fourth-order valence-electron chi connectivity index (χ4n) is 5.42. The van der Waals surface area contributed by atoms with Crippen LogP contribution in [0.3, 0.4) is 0 Å². The van der Waals surface area contributed by atoms with E-state index in [1.807, 2.05) is 44.2 Å². The van der Waals surface area contributed by atoms with Gasteiger partial charge in [0.25, 0.3) is 0 Å². The molecule has 0 aliphatic carbocycles. The van der Waals surface area contributed by atoms with Gasteiger partial charge in [0.15, 0.2) is 0 Å². The Balaban J connectivity index is 1.43. The highest BCUT2D eigenvalue weighted by molar-refractivity contribution is 7.89. The van der Waals surface area contributed by atoms with Crippen molar-refractivity contribution in [3.05, 3.63) is 78.4 Å². The standard InChI is InChI=1S/C34H45N5O8S/c1-22(2)20-39(48(43,44)27-13-10-24(35)11-14-27)21-31(40)28(16-23-8-6-5-7-9-23)38-34(42)47-26-18-30(36-19-26)33(41)37-29-17-25(45-3)12-15-32(29)46-4/h5-15,17,22,26,28,30-31,36,40H,16,18-21,35H2,1-4H3,(H,37,41)(H,38,42)/t26-,28+,30+,31-/m1/s1. The summed E-state index contributed by atoms with van der Waals surface area (Å²) in [6, 6.07) is 18.6. The second kappa shape index (κ2) is 16.6. The van der Waals surface area contributed by atoms with Crippen molar-refractivity contribution in [3.8, 4) is 11.5 Å². The number of benzene rings is 3. The van der Waals surface area contributed by atoms with Gasteiger partial charge in [-0.05, 0) is 54.3 Å². The van der Waals surface area contributed by atoms with Gasteiger partial charge in [-0.2, -0.15) is 4.31 Å². The Labute approximate surface area is 281 Å². The first-order chi connectivity index (χ1) is 22.9. The number of carbonyl (C=O) groups is 2. The summed E-state index contributed by atoms with van der Waals surface area (Å²) < 4.78 is 44.7. The summed E-state index contributed by atoms with van der Waals surface area (Å²) in [6.45, 7) is 3.86. The SMILES string of the molecule is COc1ccc(OC)c(NC(=O)[C@@H]2C[C@@H](OC(=O)N[C@@H](Cc3ccccc3)[C@H](O)CN(CC(C)C)S(=O)(=O)c3ccc(N)cc3)CN2)c1. The van der Waals surface area contributed by atoms with Gasteiger partial charge in [0.2, 0.25) is 15.9 Å². The molecule has 14 heteroatoms. The normalized spacial score (nSPS) is 17.5. The average Bonchev–Trinajstić information content (AvgIpc) is 3.53. The summed E-state index contributed by atoms with van der Waals surface area (Å²) >= 11 is 0. The average molecular weight is 684 g/mol. The molecule has 3 aromatic rings. The summed E-state index contributed by atoms with van der Waals surface area (Å²) in [5.41, 5.74) is 7.46. The number of amides is 2. The van der Waals surface area contributed by atoms with Crippen LogP contribution in [0.15, 0.2) is 77.7 Å². The number of hydrogen-bond donors (Lipinski definition) is 5. The number of ether oxygens (including phenoxy) is 3. The Morgan fingerprint density at radius 3 is 2.38 bits per heavy atom. The quantitative estimate of drug-likeness (QED) is 0.149. The number of alkyl carbamates (subject to hydrolysis) is 1. The van der Waals surface area contributed by atoms with Crippen LogP contribution in [0.2, 0.25) is 0 Å². The number of aliphatic hydroxyl groups is 1. The predicted molar refractivity (Wildman–Crippen MR) is 182 cm³/mol. The predicted octanol–water partition coefficient (Wildman–Crippen LogP) is 3.00. The molecule has 0 spiro atoms. The number of nitrogens with zero attached hydrogens (tertiary/aromatic N) is 1. The van der Waals surface area contributed by atoms with Gasteiger partial charge in [-0.25, -0.2) is 13.2 Å². The van der Waals surface area contributed by atoms with Crippen LogP contribution in [-0.4, -0.2) is 88.0 Å². The van der Waals surface area contributed by atoms with Crippen LogP contribution in [0.25, 0.3) is 0 Å². The lowest BCUT2D eigenvalue weighted by Crippen LogP contribution is -2.51. The number of nitrogen functional groups attached to an aromatic ring is 1. The van der Waals surface area contributed by atoms with E-state index in [9.17, 15) is 23.1 Å². The second-order valence-corrected chi connectivity index (χ2v) is 14.0. The monoisotopic (exact) mass is 683 g/mol. The Bertz CT molecular complexity index is 1620. The zero-order chi connectivity index (χ0) is 34.8. The molecule has 260 valence electrons. The molecule has 4 rings (SSSR count). The lowest BCUT2D eigenvalue weighted by molar-refractivity contribution is -0.118. The van der Waals surface area contributed by atoms with Crippen molar-refractivity contribution in [1.82, 2.24) is 14.9 Å². The number of methoxy groups -OCH3 is 2. The summed E-state index contributed by atoms with van der Waals surface area (Å²) in [5, 5.41) is 20.1. The van der Waals surface area contributed by atoms with Crippen LogP contribution in [0.4, 0.5) is 16.2 Å². The summed E-state index contributed by atoms with van der Waals surface area (Å²) in [7, 11) is -0.976. The third-order valence-corrected chi connectivity index (χ3v) is 9.73. The minimum Gasteiger partial charge on any atom is -0.497 e. The number of carbonyl (C=O) groups excluding carboxylic acids is 2. The maximum atomic E-state index is 13.6. The second-order valence-electron chi connectivity index (χ2n) is 12.1. The van der Waals surface area contributed by atoms with Crippen molar-refractivity contribution in [2.24, 2.45) is 5.92 Å². The highest BCUT2D eigenvalue weighted by Gasteiger charge is 2.35. The Hall–Kier alpha value is -4.37. The zero-order valence-electron chi connectivity index (χ0n) is 27.6. The minimum atomic E-state index is -3.99. The topological polar surface area (TPSA) is 182 Å². The number of nitrogens with one attached hydrogen (secondary N) is 3. The van der Waals surface area contributed by atoms with E-state index in [1.54, 1.807) is 18.2 Å². The highest BCUT2D eigenvalue weighted by atomic mass is 32.2. The van der Waals surface area contributed by atoms with E-state index < -0.39 is 40.4 Å². The van der Waals surface area contributed by atoms with Crippen molar-refractivity contribution in [1.29, 1.82) is 0 Å². The Morgan fingerprint density at radius 1 is 1.02 bits per heavy atom. The maximum Gasteiger partial charge on any atom is 0.407 e.